The number of carbonyl (C=O) groups excluding carboxylic acids is 1. The third kappa shape index (κ3) is 4.63. The van der Waals surface area contributed by atoms with E-state index >= 15 is 0 Å². The minimum atomic E-state index is -0.362. The molecule has 0 spiro atoms. The van der Waals surface area contributed by atoms with E-state index in [0.717, 1.165) is 6.42 Å². The van der Waals surface area contributed by atoms with Crippen molar-refractivity contribution >= 4 is 23.2 Å². The maximum absolute atomic E-state index is 11.9. The van der Waals surface area contributed by atoms with Crippen molar-refractivity contribution in [2.75, 3.05) is 12.4 Å². The third-order valence-electron chi connectivity index (χ3n) is 2.94. The molecule has 5 heteroatoms. The monoisotopic (exact) mass is 284 g/mol. The molecule has 0 radical (unpaired) electrons. The summed E-state index contributed by atoms with van der Waals surface area (Å²) in [6.45, 7) is 5.80. The van der Waals surface area contributed by atoms with Crippen LogP contribution in [-0.4, -0.2) is 25.1 Å². The van der Waals surface area contributed by atoms with Gasteiger partial charge in [0.25, 0.3) is 0 Å². The normalized spacial score (nSPS) is 13.5. The fourth-order valence-corrected chi connectivity index (χ4v) is 1.68. The van der Waals surface area contributed by atoms with Gasteiger partial charge in [0.05, 0.1) is 17.8 Å². The highest BCUT2D eigenvalue weighted by atomic mass is 35.5. The summed E-state index contributed by atoms with van der Waals surface area (Å²) in [5, 5.41) is 6.57. The number of rotatable bonds is 6. The molecule has 0 aliphatic rings. The standard InChI is InChI=1S/C14H21ClN2O2/c1-5-9(2)16-14(18)10(3)17-13-8-11(19-4)6-7-12(13)15/h6-10,17H,5H2,1-4H3,(H,16,18). The molecule has 1 amide bonds. The van der Waals surface area contributed by atoms with E-state index in [9.17, 15) is 4.79 Å². The Kier molecular flexibility index (Phi) is 5.96. The molecule has 0 heterocycles. The van der Waals surface area contributed by atoms with Gasteiger partial charge in [-0.05, 0) is 32.4 Å². The summed E-state index contributed by atoms with van der Waals surface area (Å²) in [4.78, 5) is 11.9. The van der Waals surface area contributed by atoms with Crippen molar-refractivity contribution in [1.82, 2.24) is 5.32 Å². The molecule has 2 atom stereocenters. The molecule has 1 rings (SSSR count). The predicted molar refractivity (Wildman–Crippen MR) is 79.0 cm³/mol. The highest BCUT2D eigenvalue weighted by molar-refractivity contribution is 6.33. The molecule has 0 aliphatic carbocycles. The number of anilines is 1. The van der Waals surface area contributed by atoms with E-state index in [2.05, 4.69) is 10.6 Å². The Labute approximate surface area is 119 Å². The summed E-state index contributed by atoms with van der Waals surface area (Å²) in [6, 6.07) is 5.09. The van der Waals surface area contributed by atoms with Crippen LogP contribution in [0, 0.1) is 0 Å². The zero-order valence-electron chi connectivity index (χ0n) is 11.8. The first-order chi connectivity index (χ1) is 8.97. The fourth-order valence-electron chi connectivity index (χ4n) is 1.51. The predicted octanol–water partition coefficient (Wildman–Crippen LogP) is 3.06. The van der Waals surface area contributed by atoms with Crippen molar-refractivity contribution in [1.29, 1.82) is 0 Å². The number of carbonyl (C=O) groups is 1. The minimum Gasteiger partial charge on any atom is -0.497 e. The summed E-state index contributed by atoms with van der Waals surface area (Å²) in [5.41, 5.74) is 0.688. The lowest BCUT2D eigenvalue weighted by Gasteiger charge is -2.19. The second-order valence-electron chi connectivity index (χ2n) is 4.53. The Hall–Kier alpha value is -1.42. The number of halogens is 1. The lowest BCUT2D eigenvalue weighted by Crippen LogP contribution is -2.41. The number of benzene rings is 1. The lowest BCUT2D eigenvalue weighted by atomic mass is 10.2. The summed E-state index contributed by atoms with van der Waals surface area (Å²) in [6.07, 6.45) is 0.901. The highest BCUT2D eigenvalue weighted by Gasteiger charge is 2.15. The topological polar surface area (TPSA) is 50.4 Å². The Morgan fingerprint density at radius 1 is 1.42 bits per heavy atom. The van der Waals surface area contributed by atoms with Gasteiger partial charge in [0.15, 0.2) is 0 Å². The van der Waals surface area contributed by atoms with Gasteiger partial charge in [0, 0.05) is 12.1 Å². The molecule has 1 aromatic rings. The van der Waals surface area contributed by atoms with Crippen molar-refractivity contribution in [3.05, 3.63) is 23.2 Å². The molecule has 0 aromatic heterocycles. The van der Waals surface area contributed by atoms with E-state index in [1.807, 2.05) is 13.8 Å². The summed E-state index contributed by atoms with van der Waals surface area (Å²) < 4.78 is 5.13. The molecular weight excluding hydrogens is 264 g/mol. The molecule has 0 bridgehead atoms. The second kappa shape index (κ2) is 7.24. The molecule has 0 saturated carbocycles. The van der Waals surface area contributed by atoms with Gasteiger partial charge in [-0.15, -0.1) is 0 Å². The van der Waals surface area contributed by atoms with E-state index in [4.69, 9.17) is 16.3 Å². The molecule has 1 aromatic carbocycles. The molecule has 4 nitrogen and oxygen atoms in total. The van der Waals surface area contributed by atoms with E-state index in [0.29, 0.717) is 16.5 Å². The van der Waals surface area contributed by atoms with Crippen LogP contribution < -0.4 is 15.4 Å². The molecular formula is C14H21ClN2O2. The van der Waals surface area contributed by atoms with Crippen molar-refractivity contribution in [3.8, 4) is 5.75 Å². The number of hydrogen-bond donors (Lipinski definition) is 2. The molecule has 0 aliphatic heterocycles. The SMILES string of the molecule is CCC(C)NC(=O)C(C)Nc1cc(OC)ccc1Cl. The highest BCUT2D eigenvalue weighted by Crippen LogP contribution is 2.27. The fraction of sp³-hybridized carbons (Fsp3) is 0.500. The molecule has 19 heavy (non-hydrogen) atoms. The van der Waals surface area contributed by atoms with E-state index < -0.39 is 0 Å². The van der Waals surface area contributed by atoms with Gasteiger partial charge in [-0.25, -0.2) is 0 Å². The molecule has 2 unspecified atom stereocenters. The van der Waals surface area contributed by atoms with Gasteiger partial charge in [-0.2, -0.15) is 0 Å². The van der Waals surface area contributed by atoms with Crippen LogP contribution in [0.15, 0.2) is 18.2 Å². The molecule has 106 valence electrons. The molecule has 0 saturated heterocycles. The van der Waals surface area contributed by atoms with Gasteiger partial charge in [0.2, 0.25) is 5.91 Å². The maximum atomic E-state index is 11.9. The Morgan fingerprint density at radius 3 is 2.68 bits per heavy atom. The average molecular weight is 285 g/mol. The van der Waals surface area contributed by atoms with Gasteiger partial charge in [-0.1, -0.05) is 18.5 Å². The largest absolute Gasteiger partial charge is 0.497 e. The van der Waals surface area contributed by atoms with Crippen LogP contribution in [0.25, 0.3) is 0 Å². The number of amides is 1. The van der Waals surface area contributed by atoms with Gasteiger partial charge in [0.1, 0.15) is 11.8 Å². The van der Waals surface area contributed by atoms with Crippen LogP contribution in [0.2, 0.25) is 5.02 Å². The zero-order valence-corrected chi connectivity index (χ0v) is 12.5. The van der Waals surface area contributed by atoms with Crippen LogP contribution in [0.1, 0.15) is 27.2 Å². The first-order valence-electron chi connectivity index (χ1n) is 6.38. The molecule has 0 fully saturated rings. The quantitative estimate of drug-likeness (QED) is 0.844. The smallest absolute Gasteiger partial charge is 0.242 e. The van der Waals surface area contributed by atoms with Crippen LogP contribution in [0.3, 0.4) is 0 Å². The minimum absolute atomic E-state index is 0.0479. The van der Waals surface area contributed by atoms with E-state index in [-0.39, 0.29) is 18.0 Å². The van der Waals surface area contributed by atoms with E-state index in [1.54, 1.807) is 32.2 Å². The van der Waals surface area contributed by atoms with Gasteiger partial charge in [-0.3, -0.25) is 4.79 Å². The van der Waals surface area contributed by atoms with E-state index in [1.165, 1.54) is 0 Å². The molecule has 2 N–H and O–H groups in total. The zero-order chi connectivity index (χ0) is 14.4. The lowest BCUT2D eigenvalue weighted by molar-refractivity contribution is -0.122. The Balaban J connectivity index is 2.70. The Morgan fingerprint density at radius 2 is 2.11 bits per heavy atom. The number of methoxy groups -OCH3 is 1. The summed E-state index contributed by atoms with van der Waals surface area (Å²) in [5.74, 6) is 0.648. The van der Waals surface area contributed by atoms with Crippen molar-refractivity contribution in [3.63, 3.8) is 0 Å². The second-order valence-corrected chi connectivity index (χ2v) is 4.94. The van der Waals surface area contributed by atoms with Crippen LogP contribution in [-0.2, 0) is 4.79 Å². The Bertz CT molecular complexity index is 437. The van der Waals surface area contributed by atoms with Gasteiger partial charge >= 0.3 is 0 Å². The number of nitrogens with one attached hydrogen (secondary N) is 2. The van der Waals surface area contributed by atoms with Crippen molar-refractivity contribution in [2.24, 2.45) is 0 Å². The third-order valence-corrected chi connectivity index (χ3v) is 3.27. The summed E-state index contributed by atoms with van der Waals surface area (Å²) in [7, 11) is 1.59. The average Bonchev–Trinajstić information content (AvgIpc) is 2.40. The van der Waals surface area contributed by atoms with Crippen LogP contribution >= 0.6 is 11.6 Å². The first kappa shape index (κ1) is 15.6. The van der Waals surface area contributed by atoms with Crippen LogP contribution in [0.4, 0.5) is 5.69 Å². The number of hydrogen-bond acceptors (Lipinski definition) is 3. The summed E-state index contributed by atoms with van der Waals surface area (Å²) >= 11 is 6.09. The number of ether oxygens (including phenoxy) is 1. The maximum Gasteiger partial charge on any atom is 0.242 e. The van der Waals surface area contributed by atoms with Crippen LogP contribution in [0.5, 0.6) is 5.75 Å². The van der Waals surface area contributed by atoms with Crippen molar-refractivity contribution < 1.29 is 9.53 Å². The van der Waals surface area contributed by atoms with Gasteiger partial charge < -0.3 is 15.4 Å². The van der Waals surface area contributed by atoms with Crippen molar-refractivity contribution in [2.45, 2.75) is 39.3 Å². The first-order valence-corrected chi connectivity index (χ1v) is 6.76.